The Hall–Kier alpha value is -4.52. The number of phenolic OH excluding ortho intramolecular Hbond substituents is 3. The van der Waals surface area contributed by atoms with Crippen LogP contribution in [0.1, 0.15) is 39.8 Å². The number of hydrogen-bond acceptors (Lipinski definition) is 7. The van der Waals surface area contributed by atoms with E-state index in [4.69, 9.17) is 18.9 Å². The number of rotatable bonds is 5. The van der Waals surface area contributed by atoms with Gasteiger partial charge in [0.15, 0.2) is 11.5 Å². The van der Waals surface area contributed by atoms with Crippen molar-refractivity contribution < 1.29 is 34.3 Å². The normalized spacial score (nSPS) is 17.1. The molecule has 6 rings (SSSR count). The molecule has 1 aliphatic heterocycles. The van der Waals surface area contributed by atoms with Crippen LogP contribution in [0.15, 0.2) is 60.7 Å². The molecule has 3 N–H and O–H groups in total. The molecule has 38 heavy (non-hydrogen) atoms. The summed E-state index contributed by atoms with van der Waals surface area (Å²) in [6.45, 7) is 0. The van der Waals surface area contributed by atoms with Gasteiger partial charge in [0.1, 0.15) is 34.9 Å². The second-order valence-electron chi connectivity index (χ2n) is 9.60. The monoisotopic (exact) mass is 512 g/mol. The molecule has 7 nitrogen and oxygen atoms in total. The zero-order valence-electron chi connectivity index (χ0n) is 21.3. The molecule has 2 atom stereocenters. The van der Waals surface area contributed by atoms with E-state index in [-0.39, 0.29) is 23.2 Å². The zero-order valence-corrected chi connectivity index (χ0v) is 21.3. The SMILES string of the molecule is COc1cc(O)cc(C2c3c(cc(OC)c4c3CCc3cc(O)ccc3-4)OC2c2ccc(O)c(OC)c2)c1. The molecule has 1 heterocycles. The number of aryl methyl sites for hydroxylation is 1. The largest absolute Gasteiger partial charge is 0.508 e. The summed E-state index contributed by atoms with van der Waals surface area (Å²) in [5.41, 5.74) is 6.84. The van der Waals surface area contributed by atoms with Crippen molar-refractivity contribution in [3.63, 3.8) is 0 Å². The Bertz CT molecular complexity index is 1560. The number of phenols is 3. The van der Waals surface area contributed by atoms with Gasteiger partial charge in [-0.2, -0.15) is 0 Å². The lowest BCUT2D eigenvalue weighted by molar-refractivity contribution is 0.220. The zero-order chi connectivity index (χ0) is 26.6. The molecule has 4 aromatic carbocycles. The molecule has 0 bridgehead atoms. The number of aromatic hydroxyl groups is 3. The van der Waals surface area contributed by atoms with Crippen LogP contribution in [0, 0.1) is 0 Å². The molecule has 2 unspecified atom stereocenters. The number of methoxy groups -OCH3 is 3. The molecule has 4 aromatic rings. The van der Waals surface area contributed by atoms with Gasteiger partial charge in [0.25, 0.3) is 0 Å². The van der Waals surface area contributed by atoms with Crippen LogP contribution < -0.4 is 18.9 Å². The van der Waals surface area contributed by atoms with Gasteiger partial charge in [0.05, 0.1) is 27.2 Å². The van der Waals surface area contributed by atoms with Gasteiger partial charge in [0, 0.05) is 23.3 Å². The van der Waals surface area contributed by atoms with Crippen molar-refractivity contribution in [1.82, 2.24) is 0 Å². The van der Waals surface area contributed by atoms with Crippen LogP contribution in [0.4, 0.5) is 0 Å². The summed E-state index contributed by atoms with van der Waals surface area (Å²) in [6, 6.07) is 17.8. The standard InChI is InChI=1S/C31H28O7/c1-35-21-12-18(11-20(33)14-21)28-30-23-7-4-16-10-19(32)6-8-22(16)29(23)26(37-3)15-27(30)38-31(28)17-5-9-24(34)25(13-17)36-2/h5-6,8-15,28,31-34H,4,7H2,1-3H3. The van der Waals surface area contributed by atoms with Gasteiger partial charge in [-0.05, 0) is 77.1 Å². The molecule has 1 aliphatic carbocycles. The van der Waals surface area contributed by atoms with E-state index in [1.54, 1.807) is 44.6 Å². The lowest BCUT2D eigenvalue weighted by Gasteiger charge is -2.27. The molecule has 0 saturated carbocycles. The highest BCUT2D eigenvalue weighted by molar-refractivity contribution is 5.83. The Morgan fingerprint density at radius 3 is 2.32 bits per heavy atom. The summed E-state index contributed by atoms with van der Waals surface area (Å²) in [5, 5.41) is 30.9. The highest BCUT2D eigenvalue weighted by Gasteiger charge is 2.42. The van der Waals surface area contributed by atoms with Crippen LogP contribution in [-0.2, 0) is 12.8 Å². The van der Waals surface area contributed by atoms with E-state index in [1.165, 1.54) is 7.11 Å². The summed E-state index contributed by atoms with van der Waals surface area (Å²) >= 11 is 0. The van der Waals surface area contributed by atoms with E-state index in [0.717, 1.165) is 51.8 Å². The molecule has 0 fully saturated rings. The first-order valence-corrected chi connectivity index (χ1v) is 12.4. The number of benzene rings is 4. The minimum atomic E-state index is -0.469. The van der Waals surface area contributed by atoms with E-state index in [0.29, 0.717) is 23.0 Å². The van der Waals surface area contributed by atoms with Crippen LogP contribution in [0.3, 0.4) is 0 Å². The number of ether oxygens (including phenoxy) is 4. The van der Waals surface area contributed by atoms with Crippen LogP contribution in [0.5, 0.6) is 40.2 Å². The Labute approximate surface area is 220 Å². The van der Waals surface area contributed by atoms with E-state index in [1.807, 2.05) is 30.3 Å². The second-order valence-corrected chi connectivity index (χ2v) is 9.60. The van der Waals surface area contributed by atoms with Gasteiger partial charge in [-0.3, -0.25) is 0 Å². The third-order valence-electron chi connectivity index (χ3n) is 7.53. The quantitative estimate of drug-likeness (QED) is 0.308. The summed E-state index contributed by atoms with van der Waals surface area (Å²) in [7, 11) is 4.72. The van der Waals surface area contributed by atoms with E-state index < -0.39 is 6.10 Å². The van der Waals surface area contributed by atoms with Crippen molar-refractivity contribution in [3.05, 3.63) is 88.5 Å². The molecule has 7 heteroatoms. The first-order valence-electron chi connectivity index (χ1n) is 12.4. The summed E-state index contributed by atoms with van der Waals surface area (Å²) < 4.78 is 23.4. The Morgan fingerprint density at radius 2 is 1.55 bits per heavy atom. The van der Waals surface area contributed by atoms with Crippen molar-refractivity contribution in [2.24, 2.45) is 0 Å². The van der Waals surface area contributed by atoms with Gasteiger partial charge in [0.2, 0.25) is 0 Å². The summed E-state index contributed by atoms with van der Waals surface area (Å²) in [6.07, 6.45) is 1.01. The van der Waals surface area contributed by atoms with Crippen molar-refractivity contribution >= 4 is 0 Å². The van der Waals surface area contributed by atoms with Crippen molar-refractivity contribution in [3.8, 4) is 51.4 Å². The predicted molar refractivity (Wildman–Crippen MR) is 142 cm³/mol. The third-order valence-corrected chi connectivity index (χ3v) is 7.53. The molecule has 2 aliphatic rings. The van der Waals surface area contributed by atoms with Crippen LogP contribution in [0.25, 0.3) is 11.1 Å². The highest BCUT2D eigenvalue weighted by Crippen LogP contribution is 2.57. The first-order chi connectivity index (χ1) is 18.4. The van der Waals surface area contributed by atoms with Crippen LogP contribution in [0.2, 0.25) is 0 Å². The van der Waals surface area contributed by atoms with Gasteiger partial charge >= 0.3 is 0 Å². The Balaban J connectivity index is 1.61. The van der Waals surface area contributed by atoms with E-state index in [9.17, 15) is 15.3 Å². The van der Waals surface area contributed by atoms with Gasteiger partial charge in [-0.15, -0.1) is 0 Å². The third kappa shape index (κ3) is 3.74. The second kappa shape index (κ2) is 9.10. The fraction of sp³-hybridized carbons (Fsp3) is 0.226. The van der Waals surface area contributed by atoms with Crippen molar-refractivity contribution in [2.75, 3.05) is 21.3 Å². The summed E-state index contributed by atoms with van der Waals surface area (Å²) in [4.78, 5) is 0. The number of fused-ring (bicyclic) bond motifs is 5. The fourth-order valence-electron chi connectivity index (χ4n) is 5.88. The summed E-state index contributed by atoms with van der Waals surface area (Å²) in [5.74, 6) is 2.37. The maximum atomic E-state index is 10.6. The van der Waals surface area contributed by atoms with Crippen LogP contribution in [-0.4, -0.2) is 36.6 Å². The maximum absolute atomic E-state index is 10.6. The Kier molecular flexibility index (Phi) is 5.71. The van der Waals surface area contributed by atoms with E-state index >= 15 is 0 Å². The molecule has 0 radical (unpaired) electrons. The smallest absolute Gasteiger partial charge is 0.160 e. The fourth-order valence-corrected chi connectivity index (χ4v) is 5.88. The first kappa shape index (κ1) is 23.9. The van der Waals surface area contributed by atoms with Crippen LogP contribution >= 0.6 is 0 Å². The average molecular weight is 513 g/mol. The molecule has 0 spiro atoms. The predicted octanol–water partition coefficient (Wildman–Crippen LogP) is 5.86. The highest BCUT2D eigenvalue weighted by atomic mass is 16.5. The molecule has 0 amide bonds. The van der Waals surface area contributed by atoms with Gasteiger partial charge < -0.3 is 34.3 Å². The molecular weight excluding hydrogens is 484 g/mol. The molecule has 194 valence electrons. The molecule has 0 aromatic heterocycles. The number of hydrogen-bond donors (Lipinski definition) is 3. The minimum absolute atomic E-state index is 0.0428. The Morgan fingerprint density at radius 1 is 0.737 bits per heavy atom. The van der Waals surface area contributed by atoms with Gasteiger partial charge in [-0.1, -0.05) is 12.1 Å². The lowest BCUT2D eigenvalue weighted by Crippen LogP contribution is -2.14. The average Bonchev–Trinajstić information content (AvgIpc) is 3.31. The van der Waals surface area contributed by atoms with Crippen molar-refractivity contribution in [2.45, 2.75) is 24.9 Å². The van der Waals surface area contributed by atoms with Crippen molar-refractivity contribution in [1.29, 1.82) is 0 Å². The van der Waals surface area contributed by atoms with E-state index in [2.05, 4.69) is 0 Å². The lowest BCUT2D eigenvalue weighted by atomic mass is 9.76. The minimum Gasteiger partial charge on any atom is -0.508 e. The maximum Gasteiger partial charge on any atom is 0.160 e. The topological polar surface area (TPSA) is 97.6 Å². The molecular formula is C31H28O7. The van der Waals surface area contributed by atoms with Gasteiger partial charge in [-0.25, -0.2) is 0 Å². The molecule has 0 saturated heterocycles.